The zero-order chi connectivity index (χ0) is 27.6. The number of hydrogen-bond donors (Lipinski definition) is 0. The van der Waals surface area contributed by atoms with Crippen molar-refractivity contribution in [3.63, 3.8) is 0 Å². The largest absolute Gasteiger partial charge is 0.490 e. The zero-order valence-corrected chi connectivity index (χ0v) is 22.9. The molecular formula is C27H33ClFN7O3. The molecule has 2 aromatic heterocycles. The second-order valence-electron chi connectivity index (χ2n) is 9.29. The molecule has 0 spiro atoms. The van der Waals surface area contributed by atoms with Crippen molar-refractivity contribution in [2.24, 2.45) is 0 Å². The van der Waals surface area contributed by atoms with Crippen molar-refractivity contribution < 1.29 is 18.7 Å². The van der Waals surface area contributed by atoms with Gasteiger partial charge in [0, 0.05) is 43.3 Å². The van der Waals surface area contributed by atoms with Crippen LogP contribution in [0.4, 0.5) is 4.39 Å². The quantitative estimate of drug-likeness (QED) is 0.247. The van der Waals surface area contributed by atoms with E-state index in [-0.39, 0.29) is 18.6 Å². The van der Waals surface area contributed by atoms with Gasteiger partial charge in [-0.25, -0.2) is 4.39 Å². The van der Waals surface area contributed by atoms with Crippen LogP contribution in [0.5, 0.6) is 5.75 Å². The minimum atomic E-state index is -0.498. The molecule has 3 heterocycles. The number of piperazine rings is 1. The molecule has 1 saturated heterocycles. The molecule has 1 atom stereocenters. The lowest BCUT2D eigenvalue weighted by Crippen LogP contribution is -2.53. The molecule has 0 radical (unpaired) electrons. The van der Waals surface area contributed by atoms with Gasteiger partial charge in [0.2, 0.25) is 5.91 Å². The molecule has 3 aromatic rings. The second-order valence-corrected chi connectivity index (χ2v) is 9.73. The lowest BCUT2D eigenvalue weighted by atomic mass is 10.1. The lowest BCUT2D eigenvalue weighted by Gasteiger charge is -2.39. The Kier molecular flexibility index (Phi) is 10.3. The number of carbonyl (C=O) groups excluding carboxylic acids is 1. The third kappa shape index (κ3) is 8.54. The van der Waals surface area contributed by atoms with Gasteiger partial charge < -0.3 is 14.4 Å². The maximum Gasteiger partial charge on any atom is 0.246 e. The molecule has 0 bridgehead atoms. The van der Waals surface area contributed by atoms with E-state index in [0.29, 0.717) is 49.4 Å². The van der Waals surface area contributed by atoms with Gasteiger partial charge in [0.1, 0.15) is 19.0 Å². The Balaban J connectivity index is 1.28. The summed E-state index contributed by atoms with van der Waals surface area (Å²) in [5.41, 5.74) is 2.70. The zero-order valence-electron chi connectivity index (χ0n) is 22.2. The number of aryl methyl sites for hydroxylation is 1. The molecule has 0 aliphatic carbocycles. The summed E-state index contributed by atoms with van der Waals surface area (Å²) in [5, 5.41) is 12.8. The number of tetrazole rings is 1. The summed E-state index contributed by atoms with van der Waals surface area (Å²) in [5.74, 6) is 1.20. The summed E-state index contributed by atoms with van der Waals surface area (Å²) in [6.07, 6.45) is 5.11. The van der Waals surface area contributed by atoms with Crippen LogP contribution in [-0.2, 0) is 22.6 Å². The summed E-state index contributed by atoms with van der Waals surface area (Å²) in [4.78, 5) is 23.2. The maximum atomic E-state index is 13.1. The first kappa shape index (κ1) is 28.6. The minimum Gasteiger partial charge on any atom is -0.490 e. The minimum absolute atomic E-state index is 0.0344. The number of pyridine rings is 1. The number of ether oxygens (including phenoxy) is 2. The van der Waals surface area contributed by atoms with E-state index in [1.807, 2.05) is 35.2 Å². The molecule has 10 nitrogen and oxygen atoms in total. The fraction of sp³-hybridized carbons (Fsp3) is 0.444. The Morgan fingerprint density at radius 2 is 2.05 bits per heavy atom. The van der Waals surface area contributed by atoms with E-state index in [1.54, 1.807) is 25.3 Å². The number of hydrogen-bond acceptors (Lipinski definition) is 8. The average Bonchev–Trinajstić information content (AvgIpc) is 3.33. The van der Waals surface area contributed by atoms with Crippen LogP contribution in [0.25, 0.3) is 6.08 Å². The van der Waals surface area contributed by atoms with Crippen LogP contribution in [0, 0.1) is 6.92 Å². The molecule has 4 rings (SSSR count). The molecule has 1 fully saturated rings. The van der Waals surface area contributed by atoms with Crippen LogP contribution in [0.2, 0.25) is 5.02 Å². The SMILES string of the molecule is Cc1nnn(Cc2cc(Cl)ccc2/C=C/C(=O)N2CCN(Cc3ccc(OCCOCCF)cn3)C[C@H]2C)n1. The second kappa shape index (κ2) is 14.1. The molecule has 1 amide bonds. The molecule has 1 aliphatic heterocycles. The summed E-state index contributed by atoms with van der Waals surface area (Å²) in [6, 6.07) is 9.39. The summed E-state index contributed by atoms with van der Waals surface area (Å²) in [7, 11) is 0. The topological polar surface area (TPSA) is 98.5 Å². The van der Waals surface area contributed by atoms with Gasteiger partial charge in [0.05, 0.1) is 31.6 Å². The Hall–Kier alpha value is -3.41. The van der Waals surface area contributed by atoms with E-state index in [2.05, 4.69) is 32.2 Å². The normalized spacial score (nSPS) is 16.2. The molecule has 208 valence electrons. The molecular weight excluding hydrogens is 525 g/mol. The number of alkyl halides is 1. The van der Waals surface area contributed by atoms with Crippen LogP contribution in [0.3, 0.4) is 0 Å². The van der Waals surface area contributed by atoms with Gasteiger partial charge >= 0.3 is 0 Å². The third-order valence-corrected chi connectivity index (χ3v) is 6.51. The smallest absolute Gasteiger partial charge is 0.246 e. The van der Waals surface area contributed by atoms with E-state index in [0.717, 1.165) is 29.9 Å². The van der Waals surface area contributed by atoms with E-state index in [9.17, 15) is 9.18 Å². The predicted molar refractivity (Wildman–Crippen MR) is 145 cm³/mol. The van der Waals surface area contributed by atoms with Crippen LogP contribution in [0.15, 0.2) is 42.6 Å². The average molecular weight is 558 g/mol. The number of amides is 1. The van der Waals surface area contributed by atoms with Crippen LogP contribution in [-0.4, -0.2) is 93.1 Å². The van der Waals surface area contributed by atoms with E-state index in [1.165, 1.54) is 4.80 Å². The van der Waals surface area contributed by atoms with Crippen molar-refractivity contribution in [3.05, 3.63) is 70.3 Å². The van der Waals surface area contributed by atoms with Gasteiger partial charge in [-0.3, -0.25) is 14.7 Å². The molecule has 12 heteroatoms. The van der Waals surface area contributed by atoms with Crippen molar-refractivity contribution in [2.75, 3.05) is 46.1 Å². The van der Waals surface area contributed by atoms with Crippen LogP contribution >= 0.6 is 11.6 Å². The van der Waals surface area contributed by atoms with Gasteiger partial charge in [-0.05, 0) is 60.5 Å². The monoisotopic (exact) mass is 557 g/mol. The van der Waals surface area contributed by atoms with Crippen LogP contribution < -0.4 is 4.74 Å². The number of halogens is 2. The molecule has 0 N–H and O–H groups in total. The molecule has 1 aromatic carbocycles. The summed E-state index contributed by atoms with van der Waals surface area (Å²) >= 11 is 6.21. The number of aromatic nitrogens is 5. The van der Waals surface area contributed by atoms with Gasteiger partial charge in [-0.15, -0.1) is 10.2 Å². The van der Waals surface area contributed by atoms with Gasteiger partial charge in [0.15, 0.2) is 5.82 Å². The van der Waals surface area contributed by atoms with Crippen molar-refractivity contribution in [1.82, 2.24) is 35.0 Å². The maximum absolute atomic E-state index is 13.1. The van der Waals surface area contributed by atoms with Crippen molar-refractivity contribution in [2.45, 2.75) is 33.0 Å². The van der Waals surface area contributed by atoms with E-state index < -0.39 is 6.67 Å². The Morgan fingerprint density at radius 1 is 1.18 bits per heavy atom. The number of nitrogens with zero attached hydrogens (tertiary/aromatic N) is 7. The summed E-state index contributed by atoms with van der Waals surface area (Å²) < 4.78 is 22.7. The fourth-order valence-electron chi connectivity index (χ4n) is 4.37. The first-order valence-electron chi connectivity index (χ1n) is 12.9. The Bertz CT molecular complexity index is 1250. The number of benzene rings is 1. The lowest BCUT2D eigenvalue weighted by molar-refractivity contribution is -0.130. The highest BCUT2D eigenvalue weighted by Gasteiger charge is 2.26. The van der Waals surface area contributed by atoms with Gasteiger partial charge in [-0.2, -0.15) is 4.80 Å². The third-order valence-electron chi connectivity index (χ3n) is 6.27. The fourth-order valence-corrected chi connectivity index (χ4v) is 4.57. The van der Waals surface area contributed by atoms with Gasteiger partial charge in [0.25, 0.3) is 0 Å². The molecule has 0 unspecified atom stereocenters. The number of carbonyl (C=O) groups is 1. The first-order valence-corrected chi connectivity index (χ1v) is 13.2. The molecule has 39 heavy (non-hydrogen) atoms. The first-order chi connectivity index (χ1) is 18.9. The standard InChI is InChI=1S/C27H33ClFN7O3/c1-20-17-34(19-25-6-7-26(16-30-25)39-14-13-38-12-9-29)10-11-35(20)27(37)8-4-22-3-5-24(28)15-23(22)18-36-32-21(2)31-33-36/h3-8,15-16,20H,9-14,17-19H2,1-2H3/b8-4+/t20-/m1/s1. The molecule has 0 saturated carbocycles. The Morgan fingerprint density at radius 3 is 2.77 bits per heavy atom. The highest BCUT2D eigenvalue weighted by Crippen LogP contribution is 2.20. The van der Waals surface area contributed by atoms with E-state index in [4.69, 9.17) is 21.1 Å². The highest BCUT2D eigenvalue weighted by atomic mass is 35.5. The van der Waals surface area contributed by atoms with Crippen molar-refractivity contribution in [3.8, 4) is 5.75 Å². The van der Waals surface area contributed by atoms with Gasteiger partial charge in [-0.1, -0.05) is 17.7 Å². The van der Waals surface area contributed by atoms with Crippen molar-refractivity contribution in [1.29, 1.82) is 0 Å². The van der Waals surface area contributed by atoms with Crippen LogP contribution in [0.1, 0.15) is 29.6 Å². The summed E-state index contributed by atoms with van der Waals surface area (Å²) in [6.45, 7) is 7.31. The van der Waals surface area contributed by atoms with E-state index >= 15 is 0 Å². The highest BCUT2D eigenvalue weighted by molar-refractivity contribution is 6.30. The van der Waals surface area contributed by atoms with Crippen molar-refractivity contribution >= 4 is 23.6 Å². The molecule has 1 aliphatic rings. The Labute approximate surface area is 232 Å². The predicted octanol–water partition coefficient (Wildman–Crippen LogP) is 3.19. The number of rotatable bonds is 12.